The highest BCUT2D eigenvalue weighted by atomic mass is 32.2. The van der Waals surface area contributed by atoms with Crippen LogP contribution in [0.2, 0.25) is 0 Å². The highest BCUT2D eigenvalue weighted by molar-refractivity contribution is 7.99. The first-order valence-corrected chi connectivity index (χ1v) is 7.34. The Kier molecular flexibility index (Phi) is 6.14. The number of rotatable bonds is 6. The molecule has 0 aliphatic heterocycles. The van der Waals surface area contributed by atoms with Gasteiger partial charge in [-0.25, -0.2) is 4.98 Å². The fourth-order valence-corrected chi connectivity index (χ4v) is 2.90. The van der Waals surface area contributed by atoms with E-state index >= 15 is 0 Å². The van der Waals surface area contributed by atoms with E-state index in [1.165, 1.54) is 25.4 Å². The highest BCUT2D eigenvalue weighted by Gasteiger charge is 2.11. The molecule has 0 radical (unpaired) electrons. The Bertz CT molecular complexity index is 420. The van der Waals surface area contributed by atoms with Gasteiger partial charge in [-0.05, 0) is 0 Å². The molecule has 0 saturated carbocycles. The Labute approximate surface area is 114 Å². The smallest absolute Gasteiger partial charge is 0.306 e. The third-order valence-electron chi connectivity index (χ3n) is 2.03. The summed E-state index contributed by atoms with van der Waals surface area (Å²) in [4.78, 5) is 26.2. The molecule has 0 aliphatic carbocycles. The summed E-state index contributed by atoms with van der Waals surface area (Å²) in [5.74, 6) is 0.392. The zero-order valence-corrected chi connectivity index (χ0v) is 12.2. The van der Waals surface area contributed by atoms with Crippen molar-refractivity contribution in [2.24, 2.45) is 0 Å². The van der Waals surface area contributed by atoms with Gasteiger partial charge in [0.1, 0.15) is 0 Å². The van der Waals surface area contributed by atoms with Gasteiger partial charge in [-0.15, -0.1) is 11.3 Å². The minimum atomic E-state index is -0.202. The lowest BCUT2D eigenvalue weighted by Gasteiger charge is -2.08. The second-order valence-corrected chi connectivity index (χ2v) is 6.01. The van der Waals surface area contributed by atoms with E-state index in [0.29, 0.717) is 17.3 Å². The molecule has 0 aromatic carbocycles. The predicted molar refractivity (Wildman–Crippen MR) is 73.8 cm³/mol. The summed E-state index contributed by atoms with van der Waals surface area (Å²) >= 11 is 3.04. The summed E-state index contributed by atoms with van der Waals surface area (Å²) in [6.07, 6.45) is 0.393. The van der Waals surface area contributed by atoms with Crippen molar-refractivity contribution in [2.45, 2.75) is 31.3 Å². The molecule has 5 nitrogen and oxygen atoms in total. The molecular weight excluding hydrogens is 272 g/mol. The van der Waals surface area contributed by atoms with Crippen LogP contribution in [0, 0.1) is 0 Å². The lowest BCUT2D eigenvalue weighted by Crippen LogP contribution is -2.08. The predicted octanol–water partition coefficient (Wildman–Crippen LogP) is 2.29. The number of thiazole rings is 1. The second-order valence-electron chi connectivity index (χ2n) is 3.73. The molecule has 1 rings (SSSR count). The number of ether oxygens (including phenoxy) is 1. The minimum absolute atomic E-state index is 0.123. The number of nitrogens with one attached hydrogen (secondary N) is 1. The molecule has 7 heteroatoms. The molecule has 1 N–H and O–H groups in total. The van der Waals surface area contributed by atoms with E-state index in [4.69, 9.17) is 0 Å². The van der Waals surface area contributed by atoms with Crippen molar-refractivity contribution in [1.29, 1.82) is 0 Å². The summed E-state index contributed by atoms with van der Waals surface area (Å²) in [7, 11) is 1.39. The number of esters is 1. The molecule has 0 fully saturated rings. The Morgan fingerprint density at radius 1 is 1.61 bits per heavy atom. The monoisotopic (exact) mass is 288 g/mol. The molecule has 1 heterocycles. The number of amides is 1. The molecule has 0 aliphatic rings. The van der Waals surface area contributed by atoms with Crippen molar-refractivity contribution in [3.05, 3.63) is 11.1 Å². The second kappa shape index (κ2) is 7.38. The van der Waals surface area contributed by atoms with E-state index in [1.807, 2.05) is 12.3 Å². The maximum absolute atomic E-state index is 11.1. The van der Waals surface area contributed by atoms with Gasteiger partial charge in [-0.1, -0.05) is 6.92 Å². The van der Waals surface area contributed by atoms with E-state index in [2.05, 4.69) is 15.0 Å². The van der Waals surface area contributed by atoms with Crippen LogP contribution in [0.5, 0.6) is 0 Å². The fourth-order valence-electron chi connectivity index (χ4n) is 1.19. The van der Waals surface area contributed by atoms with E-state index in [1.54, 1.807) is 11.8 Å². The number of anilines is 1. The van der Waals surface area contributed by atoms with Crippen molar-refractivity contribution in [1.82, 2.24) is 4.98 Å². The van der Waals surface area contributed by atoms with Crippen LogP contribution in [-0.2, 0) is 20.1 Å². The number of methoxy groups -OCH3 is 1. The Morgan fingerprint density at radius 3 is 2.94 bits per heavy atom. The fraction of sp³-hybridized carbons (Fsp3) is 0.545. The number of hydrogen-bond acceptors (Lipinski definition) is 6. The van der Waals surface area contributed by atoms with Gasteiger partial charge in [0.15, 0.2) is 5.13 Å². The molecule has 100 valence electrons. The molecule has 1 aromatic heterocycles. The Balaban J connectivity index is 2.36. The normalized spacial score (nSPS) is 11.9. The number of carbonyl (C=O) groups excluding carboxylic acids is 2. The first kappa shape index (κ1) is 15.0. The maximum atomic E-state index is 11.1. The van der Waals surface area contributed by atoms with Crippen molar-refractivity contribution in [3.63, 3.8) is 0 Å². The van der Waals surface area contributed by atoms with E-state index in [-0.39, 0.29) is 17.1 Å². The van der Waals surface area contributed by atoms with Gasteiger partial charge in [0, 0.05) is 23.3 Å². The molecule has 1 amide bonds. The summed E-state index contributed by atoms with van der Waals surface area (Å²) in [6, 6.07) is 0. The number of hydrogen-bond donors (Lipinski definition) is 1. The van der Waals surface area contributed by atoms with Crippen LogP contribution in [0.25, 0.3) is 0 Å². The quantitative estimate of drug-likeness (QED) is 0.813. The van der Waals surface area contributed by atoms with Crippen LogP contribution in [0.4, 0.5) is 5.13 Å². The zero-order chi connectivity index (χ0) is 13.5. The topological polar surface area (TPSA) is 68.3 Å². The van der Waals surface area contributed by atoms with Crippen LogP contribution in [-0.4, -0.2) is 29.2 Å². The standard InChI is InChI=1S/C11H16N2O3S2/c1-7(4-10(15)16-3)17-5-9-6-18-11(13-9)12-8(2)14/h6-7H,4-5H2,1-3H3,(H,12,13,14). The van der Waals surface area contributed by atoms with Gasteiger partial charge in [-0.2, -0.15) is 11.8 Å². The highest BCUT2D eigenvalue weighted by Crippen LogP contribution is 2.23. The number of thioether (sulfide) groups is 1. The van der Waals surface area contributed by atoms with Gasteiger partial charge in [0.2, 0.25) is 5.91 Å². The molecule has 0 bridgehead atoms. The van der Waals surface area contributed by atoms with Crippen molar-refractivity contribution in [3.8, 4) is 0 Å². The van der Waals surface area contributed by atoms with Crippen molar-refractivity contribution in [2.75, 3.05) is 12.4 Å². The Morgan fingerprint density at radius 2 is 2.33 bits per heavy atom. The summed E-state index contributed by atoms with van der Waals surface area (Å²) in [6.45, 7) is 3.43. The van der Waals surface area contributed by atoms with E-state index < -0.39 is 0 Å². The number of aromatic nitrogens is 1. The van der Waals surface area contributed by atoms with Crippen LogP contribution < -0.4 is 5.32 Å². The molecule has 1 aromatic rings. The zero-order valence-electron chi connectivity index (χ0n) is 10.6. The summed E-state index contributed by atoms with van der Waals surface area (Å²) < 4.78 is 4.61. The molecule has 0 spiro atoms. The summed E-state index contributed by atoms with van der Waals surface area (Å²) in [5, 5.41) is 5.34. The van der Waals surface area contributed by atoms with Crippen molar-refractivity contribution < 1.29 is 14.3 Å². The van der Waals surface area contributed by atoms with E-state index in [9.17, 15) is 9.59 Å². The lowest BCUT2D eigenvalue weighted by molar-refractivity contribution is -0.140. The summed E-state index contributed by atoms with van der Waals surface area (Å²) in [5.41, 5.74) is 0.908. The lowest BCUT2D eigenvalue weighted by atomic mass is 10.3. The van der Waals surface area contributed by atoms with Gasteiger partial charge >= 0.3 is 5.97 Å². The molecule has 1 atom stereocenters. The van der Waals surface area contributed by atoms with E-state index in [0.717, 1.165) is 5.69 Å². The minimum Gasteiger partial charge on any atom is -0.469 e. The number of nitrogens with zero attached hydrogens (tertiary/aromatic N) is 1. The van der Waals surface area contributed by atoms with Crippen molar-refractivity contribution >= 4 is 40.1 Å². The third kappa shape index (κ3) is 5.50. The van der Waals surface area contributed by atoms with Crippen LogP contribution in [0.15, 0.2) is 5.38 Å². The first-order valence-electron chi connectivity index (χ1n) is 5.41. The van der Waals surface area contributed by atoms with Gasteiger partial charge < -0.3 is 10.1 Å². The molecule has 1 unspecified atom stereocenters. The maximum Gasteiger partial charge on any atom is 0.306 e. The SMILES string of the molecule is COC(=O)CC(C)SCc1csc(NC(C)=O)n1. The largest absolute Gasteiger partial charge is 0.469 e. The molecule has 0 saturated heterocycles. The van der Waals surface area contributed by atoms with Crippen LogP contribution in [0.1, 0.15) is 26.0 Å². The average Bonchev–Trinajstić information content (AvgIpc) is 2.73. The third-order valence-corrected chi connectivity index (χ3v) is 4.04. The average molecular weight is 288 g/mol. The van der Waals surface area contributed by atoms with Gasteiger partial charge in [0.25, 0.3) is 0 Å². The first-order chi connectivity index (χ1) is 8.51. The Hall–Kier alpha value is -1.08. The van der Waals surface area contributed by atoms with Gasteiger partial charge in [0.05, 0.1) is 19.2 Å². The van der Waals surface area contributed by atoms with Crippen LogP contribution >= 0.6 is 23.1 Å². The van der Waals surface area contributed by atoms with Gasteiger partial charge in [-0.3, -0.25) is 9.59 Å². The molecule has 18 heavy (non-hydrogen) atoms. The number of carbonyl (C=O) groups is 2. The van der Waals surface area contributed by atoms with Crippen LogP contribution in [0.3, 0.4) is 0 Å². The molecular formula is C11H16N2O3S2.